The van der Waals surface area contributed by atoms with E-state index >= 15 is 0 Å². The third-order valence-electron chi connectivity index (χ3n) is 11.1. The minimum atomic E-state index is -0.890. The second-order valence-corrected chi connectivity index (χ2v) is 15.7. The first-order chi connectivity index (χ1) is 28.1. The van der Waals surface area contributed by atoms with E-state index in [0.717, 1.165) is 52.0 Å². The Morgan fingerprint density at radius 1 is 0.793 bits per heavy atom. The van der Waals surface area contributed by atoms with Gasteiger partial charge >= 0.3 is 0 Å². The molecule has 58 heavy (non-hydrogen) atoms. The van der Waals surface area contributed by atoms with Crippen LogP contribution in [0.4, 0.5) is 11.4 Å². The number of benzene rings is 5. The van der Waals surface area contributed by atoms with Crippen molar-refractivity contribution in [1.29, 1.82) is 0 Å². The number of amides is 2. The molecule has 2 saturated heterocycles. The zero-order chi connectivity index (χ0) is 40.5. The molecule has 0 radical (unpaired) electrons. The van der Waals surface area contributed by atoms with Gasteiger partial charge in [-0.3, -0.25) is 9.59 Å². The van der Waals surface area contributed by atoms with Gasteiger partial charge in [-0.15, -0.1) is 0 Å². The highest BCUT2D eigenvalue weighted by molar-refractivity contribution is 6.30. The van der Waals surface area contributed by atoms with Crippen molar-refractivity contribution < 1.29 is 29.3 Å². The maximum Gasteiger partial charge on any atom is 0.224 e. The number of piperidine rings is 1. The summed E-state index contributed by atoms with van der Waals surface area (Å²) in [6, 6.07) is 38.7. The summed E-state index contributed by atoms with van der Waals surface area (Å²) in [5.74, 6) is -0.304. The number of nitrogens with two attached hydrogens (primary N) is 1. The Morgan fingerprint density at radius 2 is 1.50 bits per heavy atom. The predicted molar refractivity (Wildman–Crippen MR) is 227 cm³/mol. The Morgan fingerprint density at radius 3 is 2.24 bits per heavy atom. The number of nitrogens with one attached hydrogen (secondary N) is 2. The molecular formula is C47H51ClN4O6. The van der Waals surface area contributed by atoms with E-state index < -0.39 is 11.9 Å². The molecule has 11 heteroatoms. The van der Waals surface area contributed by atoms with Crippen LogP contribution in [0.1, 0.15) is 78.7 Å². The minimum Gasteiger partial charge on any atom is -0.397 e. The number of carbonyl (C=O) groups is 2. The van der Waals surface area contributed by atoms with Gasteiger partial charge in [-0.1, -0.05) is 96.5 Å². The Hall–Kier alpha value is -5.07. The molecule has 2 heterocycles. The lowest BCUT2D eigenvalue weighted by molar-refractivity contribution is -0.253. The largest absolute Gasteiger partial charge is 0.397 e. The lowest BCUT2D eigenvalue weighted by atomic mass is 9.84. The summed E-state index contributed by atoms with van der Waals surface area (Å²) in [6.45, 7) is 2.50. The average Bonchev–Trinajstić information content (AvgIpc) is 3.25. The topological polar surface area (TPSA) is 146 Å². The molecule has 0 saturated carbocycles. The van der Waals surface area contributed by atoms with Crippen molar-refractivity contribution in [2.45, 2.75) is 75.8 Å². The number of hydrogen-bond acceptors (Lipinski definition) is 8. The molecule has 3 atom stereocenters. The molecule has 10 nitrogen and oxygen atoms in total. The Kier molecular flexibility index (Phi) is 13.6. The molecule has 7 rings (SSSR count). The standard InChI is InChI=1S/C47H51ClN4O6/c48-39-20-18-38(19-21-39)47(56)22-24-52(25-23-47)30-40-28-43(34-16-14-32(31-53)15-17-34)58-46(57-40)37-9-4-8-36(27-37)35-7-3-6-33(26-35)29-50-44(54)12-5-13-45(55)51-42-11-2-1-10-41(42)49/h1-4,6-11,14-21,26-27,40,43,46,53,56H,5,12-13,22-25,28-31,49H2,(H,50,54)(H,51,55)/t40-,43+,46+/m1/s1. The molecule has 0 aliphatic carbocycles. The lowest BCUT2D eigenvalue weighted by Crippen LogP contribution is -2.46. The normalized spacial score (nSPS) is 19.3. The summed E-state index contributed by atoms with van der Waals surface area (Å²) in [4.78, 5) is 27.4. The molecule has 0 unspecified atom stereocenters. The van der Waals surface area contributed by atoms with E-state index in [2.05, 4.69) is 33.7 Å². The first-order valence-electron chi connectivity index (χ1n) is 20.0. The zero-order valence-corrected chi connectivity index (χ0v) is 33.2. The van der Waals surface area contributed by atoms with Crippen molar-refractivity contribution in [2.24, 2.45) is 0 Å². The summed E-state index contributed by atoms with van der Waals surface area (Å²) in [5, 5.41) is 27.6. The van der Waals surface area contributed by atoms with E-state index in [0.29, 0.717) is 55.2 Å². The fourth-order valence-electron chi connectivity index (χ4n) is 7.72. The molecule has 2 aliphatic rings. The van der Waals surface area contributed by atoms with Crippen LogP contribution in [0.25, 0.3) is 11.1 Å². The third kappa shape index (κ3) is 10.7. The van der Waals surface area contributed by atoms with Crippen molar-refractivity contribution in [3.8, 4) is 11.1 Å². The quantitative estimate of drug-likeness (QED) is 0.0710. The molecule has 302 valence electrons. The monoisotopic (exact) mass is 802 g/mol. The van der Waals surface area contributed by atoms with Gasteiger partial charge in [-0.05, 0) is 89.0 Å². The number of nitrogen functional groups attached to an aromatic ring is 1. The fraction of sp³-hybridized carbons (Fsp3) is 0.319. The smallest absolute Gasteiger partial charge is 0.224 e. The number of hydrogen-bond donors (Lipinski definition) is 5. The number of halogens is 1. The van der Waals surface area contributed by atoms with Gasteiger partial charge in [0.05, 0.1) is 35.8 Å². The lowest BCUT2D eigenvalue weighted by Gasteiger charge is -2.42. The third-order valence-corrected chi connectivity index (χ3v) is 11.3. The van der Waals surface area contributed by atoms with E-state index in [1.807, 2.05) is 78.9 Å². The molecular weight excluding hydrogens is 752 g/mol. The first-order valence-corrected chi connectivity index (χ1v) is 20.3. The minimum absolute atomic E-state index is 0.0237. The highest BCUT2D eigenvalue weighted by Gasteiger charge is 2.37. The van der Waals surface area contributed by atoms with Crippen molar-refractivity contribution in [2.75, 3.05) is 30.7 Å². The van der Waals surface area contributed by atoms with Crippen LogP contribution < -0.4 is 16.4 Å². The number of aliphatic hydroxyl groups is 2. The van der Waals surface area contributed by atoms with Crippen LogP contribution in [0, 0.1) is 0 Å². The van der Waals surface area contributed by atoms with Gasteiger partial charge in [0.25, 0.3) is 0 Å². The highest BCUT2D eigenvalue weighted by atomic mass is 35.5. The second-order valence-electron chi connectivity index (χ2n) is 15.3. The van der Waals surface area contributed by atoms with Crippen LogP contribution >= 0.6 is 11.6 Å². The van der Waals surface area contributed by atoms with Crippen LogP contribution in [-0.2, 0) is 37.8 Å². The highest BCUT2D eigenvalue weighted by Crippen LogP contribution is 2.40. The number of carbonyl (C=O) groups excluding carboxylic acids is 2. The Balaban J connectivity index is 0.979. The molecule has 0 bridgehead atoms. The van der Waals surface area contributed by atoms with Gasteiger partial charge in [0.1, 0.15) is 0 Å². The van der Waals surface area contributed by atoms with Crippen LogP contribution in [0.3, 0.4) is 0 Å². The Labute approximate surface area is 344 Å². The van der Waals surface area contributed by atoms with Crippen molar-refractivity contribution in [3.63, 3.8) is 0 Å². The molecule has 6 N–H and O–H groups in total. The summed E-state index contributed by atoms with van der Waals surface area (Å²) in [6.07, 6.45) is 1.79. The maximum atomic E-state index is 12.7. The number of anilines is 2. The predicted octanol–water partition coefficient (Wildman–Crippen LogP) is 8.04. The summed E-state index contributed by atoms with van der Waals surface area (Å²) in [5.41, 5.74) is 12.7. The summed E-state index contributed by atoms with van der Waals surface area (Å²) in [7, 11) is 0. The number of para-hydroxylation sites is 2. The van der Waals surface area contributed by atoms with Crippen molar-refractivity contribution in [1.82, 2.24) is 10.2 Å². The van der Waals surface area contributed by atoms with Crippen LogP contribution in [0.15, 0.2) is 121 Å². The van der Waals surface area contributed by atoms with Crippen molar-refractivity contribution in [3.05, 3.63) is 154 Å². The molecule has 0 spiro atoms. The molecule has 0 aromatic heterocycles. The average molecular weight is 803 g/mol. The van der Waals surface area contributed by atoms with E-state index in [9.17, 15) is 19.8 Å². The number of rotatable bonds is 14. The number of likely N-dealkylation sites (tertiary alicyclic amines) is 1. The zero-order valence-electron chi connectivity index (χ0n) is 32.5. The van der Waals surface area contributed by atoms with Gasteiger partial charge < -0.3 is 41.0 Å². The second kappa shape index (κ2) is 19.1. The number of ether oxygens (including phenoxy) is 2. The van der Waals surface area contributed by atoms with Crippen LogP contribution in [-0.4, -0.2) is 52.7 Å². The van der Waals surface area contributed by atoms with Gasteiger partial charge in [-0.2, -0.15) is 0 Å². The Bertz CT molecular complexity index is 2160. The SMILES string of the molecule is Nc1ccccc1NC(=O)CCCC(=O)NCc1cccc(-c2cccc([C@H]3O[C@@H](CN4CCC(O)(c5ccc(Cl)cc5)CC4)C[C@@H](c4ccc(CO)cc4)O3)c2)c1. The van der Waals surface area contributed by atoms with Gasteiger partial charge in [0.2, 0.25) is 11.8 Å². The fourth-order valence-corrected chi connectivity index (χ4v) is 7.85. The van der Waals surface area contributed by atoms with E-state index in [1.54, 1.807) is 24.3 Å². The van der Waals surface area contributed by atoms with E-state index in [1.165, 1.54) is 0 Å². The summed E-state index contributed by atoms with van der Waals surface area (Å²) < 4.78 is 13.4. The first kappa shape index (κ1) is 41.1. The van der Waals surface area contributed by atoms with Crippen molar-refractivity contribution >= 4 is 34.8 Å². The van der Waals surface area contributed by atoms with E-state index in [-0.39, 0.29) is 43.5 Å². The molecule has 5 aromatic rings. The van der Waals surface area contributed by atoms with Gasteiger partial charge in [0, 0.05) is 56.0 Å². The maximum absolute atomic E-state index is 12.7. The van der Waals surface area contributed by atoms with E-state index in [4.69, 9.17) is 26.8 Å². The molecule has 2 amide bonds. The molecule has 5 aromatic carbocycles. The number of aliphatic hydroxyl groups excluding tert-OH is 1. The van der Waals surface area contributed by atoms with Crippen LogP contribution in [0.5, 0.6) is 0 Å². The molecule has 2 aliphatic heterocycles. The summed E-state index contributed by atoms with van der Waals surface area (Å²) >= 11 is 6.11. The van der Waals surface area contributed by atoms with Crippen LogP contribution in [0.2, 0.25) is 5.02 Å². The van der Waals surface area contributed by atoms with Gasteiger partial charge in [0.15, 0.2) is 6.29 Å². The van der Waals surface area contributed by atoms with Gasteiger partial charge in [-0.25, -0.2) is 0 Å². The molecule has 2 fully saturated rings. The number of nitrogens with zero attached hydrogens (tertiary/aromatic N) is 1.